The number of carboxylic acids is 1. The van der Waals surface area contributed by atoms with Gasteiger partial charge in [-0.05, 0) is 24.8 Å². The van der Waals surface area contributed by atoms with E-state index in [2.05, 4.69) is 16.8 Å². The van der Waals surface area contributed by atoms with Gasteiger partial charge in [0.2, 0.25) is 0 Å². The summed E-state index contributed by atoms with van der Waals surface area (Å²) in [5.41, 5.74) is 1.12. The topological polar surface area (TPSA) is 53.4 Å². The van der Waals surface area contributed by atoms with E-state index in [1.807, 2.05) is 0 Å². The summed E-state index contributed by atoms with van der Waals surface area (Å²) < 4.78 is 0. The van der Waals surface area contributed by atoms with Gasteiger partial charge in [0.05, 0.1) is 17.4 Å². The number of carboxylic acid groups (broad SMARTS) is 1. The van der Waals surface area contributed by atoms with Crippen LogP contribution in [0.5, 0.6) is 0 Å². The lowest BCUT2D eigenvalue weighted by molar-refractivity contribution is 0.0697. The number of hydrogen-bond donors (Lipinski definition) is 1. The maximum Gasteiger partial charge on any atom is 0.337 e. The van der Waals surface area contributed by atoms with Crippen molar-refractivity contribution < 1.29 is 9.90 Å². The van der Waals surface area contributed by atoms with Crippen molar-refractivity contribution in [3.63, 3.8) is 0 Å². The molecule has 98 valence electrons. The summed E-state index contributed by atoms with van der Waals surface area (Å²) >= 11 is 0. The molecule has 1 aromatic heterocycles. The third kappa shape index (κ3) is 2.81. The molecule has 4 heteroatoms. The normalized spacial score (nSPS) is 16.8. The maximum absolute atomic E-state index is 11.2. The molecule has 0 spiro atoms. The van der Waals surface area contributed by atoms with Crippen LogP contribution in [0.15, 0.2) is 18.5 Å². The summed E-state index contributed by atoms with van der Waals surface area (Å²) in [5.74, 6) is -0.0701. The van der Waals surface area contributed by atoms with Gasteiger partial charge < -0.3 is 10.0 Å². The summed E-state index contributed by atoms with van der Waals surface area (Å²) in [6.45, 7) is 4.10. The highest BCUT2D eigenvalue weighted by Gasteiger charge is 2.22. The highest BCUT2D eigenvalue weighted by Crippen LogP contribution is 2.27. The summed E-state index contributed by atoms with van der Waals surface area (Å²) in [6.07, 6.45) is 8.04. The minimum atomic E-state index is -0.872. The van der Waals surface area contributed by atoms with Gasteiger partial charge in [-0.25, -0.2) is 4.79 Å². The summed E-state index contributed by atoms with van der Waals surface area (Å²) in [7, 11) is 0. The van der Waals surface area contributed by atoms with Gasteiger partial charge in [0.15, 0.2) is 0 Å². The van der Waals surface area contributed by atoms with Crippen LogP contribution < -0.4 is 4.90 Å². The number of aromatic nitrogens is 1. The molecule has 0 aliphatic carbocycles. The highest BCUT2D eigenvalue weighted by atomic mass is 16.4. The minimum absolute atomic E-state index is 0.360. The van der Waals surface area contributed by atoms with E-state index in [1.54, 1.807) is 12.3 Å². The van der Waals surface area contributed by atoms with E-state index in [4.69, 9.17) is 0 Å². The highest BCUT2D eigenvalue weighted by molar-refractivity contribution is 5.94. The molecule has 0 radical (unpaired) electrons. The zero-order valence-corrected chi connectivity index (χ0v) is 10.8. The first kappa shape index (κ1) is 12.9. The fourth-order valence-corrected chi connectivity index (χ4v) is 2.69. The van der Waals surface area contributed by atoms with Crippen molar-refractivity contribution in [2.75, 3.05) is 18.0 Å². The average Bonchev–Trinajstić information content (AvgIpc) is 2.40. The van der Waals surface area contributed by atoms with Gasteiger partial charge in [0.25, 0.3) is 0 Å². The molecule has 4 nitrogen and oxygen atoms in total. The van der Waals surface area contributed by atoms with E-state index < -0.39 is 5.97 Å². The van der Waals surface area contributed by atoms with Crippen LogP contribution in [0.3, 0.4) is 0 Å². The molecule has 1 N–H and O–H groups in total. The van der Waals surface area contributed by atoms with E-state index in [1.165, 1.54) is 19.0 Å². The number of rotatable bonds is 4. The molecule has 1 saturated heterocycles. The molecule has 0 amide bonds. The van der Waals surface area contributed by atoms with E-state index in [-0.39, 0.29) is 0 Å². The molecule has 0 aromatic carbocycles. The van der Waals surface area contributed by atoms with E-state index >= 15 is 0 Å². The van der Waals surface area contributed by atoms with Crippen LogP contribution >= 0.6 is 0 Å². The second-order valence-electron chi connectivity index (χ2n) is 4.92. The second kappa shape index (κ2) is 5.85. The standard InChI is InChI=1S/C14H20N2O2/c1-2-3-11-5-8-16(9-6-11)13-10-15-7-4-12(13)14(17)18/h4,7,10-11H,2-3,5-6,8-9H2,1H3,(H,17,18). The van der Waals surface area contributed by atoms with Gasteiger partial charge >= 0.3 is 5.97 Å². The third-order valence-corrected chi connectivity index (χ3v) is 3.68. The lowest BCUT2D eigenvalue weighted by Gasteiger charge is -2.34. The van der Waals surface area contributed by atoms with Crippen molar-refractivity contribution in [1.82, 2.24) is 4.98 Å². The molecule has 0 unspecified atom stereocenters. The fraction of sp³-hybridized carbons (Fsp3) is 0.571. The molecule has 1 fully saturated rings. The zero-order valence-electron chi connectivity index (χ0n) is 10.8. The first-order chi connectivity index (χ1) is 8.72. The molecule has 2 rings (SSSR count). The van der Waals surface area contributed by atoms with Gasteiger partial charge in [-0.1, -0.05) is 19.8 Å². The van der Waals surface area contributed by atoms with Crippen LogP contribution in [-0.4, -0.2) is 29.1 Å². The largest absolute Gasteiger partial charge is 0.478 e. The van der Waals surface area contributed by atoms with Gasteiger partial charge in [-0.15, -0.1) is 0 Å². The van der Waals surface area contributed by atoms with Crippen molar-refractivity contribution >= 4 is 11.7 Å². The number of aromatic carboxylic acids is 1. The molecule has 0 bridgehead atoms. The molecule has 1 aliphatic rings. The number of anilines is 1. The average molecular weight is 248 g/mol. The molecule has 2 heterocycles. The SMILES string of the molecule is CCCC1CCN(c2cnccc2C(=O)O)CC1. The molecular weight excluding hydrogens is 228 g/mol. The predicted octanol–water partition coefficient (Wildman–Crippen LogP) is 2.80. The van der Waals surface area contributed by atoms with Crippen LogP contribution in [0, 0.1) is 5.92 Å². The maximum atomic E-state index is 11.2. The smallest absolute Gasteiger partial charge is 0.337 e. The Morgan fingerprint density at radius 1 is 1.50 bits per heavy atom. The molecule has 0 saturated carbocycles. The number of nitrogens with zero attached hydrogens (tertiary/aromatic N) is 2. The van der Waals surface area contributed by atoms with Gasteiger partial charge in [0, 0.05) is 19.3 Å². The number of pyridine rings is 1. The van der Waals surface area contributed by atoms with Crippen molar-refractivity contribution in [1.29, 1.82) is 0 Å². The van der Waals surface area contributed by atoms with Crippen molar-refractivity contribution in [3.05, 3.63) is 24.0 Å². The summed E-state index contributed by atoms with van der Waals surface area (Å²) in [6, 6.07) is 1.58. The van der Waals surface area contributed by atoms with Crippen LogP contribution in [0.2, 0.25) is 0 Å². The first-order valence-electron chi connectivity index (χ1n) is 6.64. The Morgan fingerprint density at radius 3 is 2.83 bits per heavy atom. The number of hydrogen-bond acceptors (Lipinski definition) is 3. The molecule has 18 heavy (non-hydrogen) atoms. The minimum Gasteiger partial charge on any atom is -0.478 e. The Morgan fingerprint density at radius 2 is 2.22 bits per heavy atom. The third-order valence-electron chi connectivity index (χ3n) is 3.68. The van der Waals surface area contributed by atoms with Crippen LogP contribution in [0.4, 0.5) is 5.69 Å². The van der Waals surface area contributed by atoms with Crippen LogP contribution in [0.25, 0.3) is 0 Å². The zero-order chi connectivity index (χ0) is 13.0. The van der Waals surface area contributed by atoms with Crippen LogP contribution in [0.1, 0.15) is 43.0 Å². The van der Waals surface area contributed by atoms with Crippen molar-refractivity contribution in [3.8, 4) is 0 Å². The van der Waals surface area contributed by atoms with E-state index in [9.17, 15) is 9.90 Å². The van der Waals surface area contributed by atoms with E-state index in [0.29, 0.717) is 5.56 Å². The first-order valence-corrected chi connectivity index (χ1v) is 6.64. The monoisotopic (exact) mass is 248 g/mol. The predicted molar refractivity (Wildman–Crippen MR) is 71.0 cm³/mol. The molecular formula is C14H20N2O2. The Bertz CT molecular complexity index is 412. The van der Waals surface area contributed by atoms with Crippen molar-refractivity contribution in [2.45, 2.75) is 32.6 Å². The molecule has 1 aliphatic heterocycles. The van der Waals surface area contributed by atoms with Crippen molar-refractivity contribution in [2.24, 2.45) is 5.92 Å². The quantitative estimate of drug-likeness (QED) is 0.890. The Labute approximate surface area is 108 Å². The molecule has 1 aromatic rings. The Balaban J connectivity index is 2.07. The fourth-order valence-electron chi connectivity index (χ4n) is 2.69. The number of carbonyl (C=O) groups is 1. The van der Waals surface area contributed by atoms with Gasteiger partial charge in [-0.2, -0.15) is 0 Å². The van der Waals surface area contributed by atoms with Gasteiger partial charge in [-0.3, -0.25) is 4.98 Å². The lowest BCUT2D eigenvalue weighted by Crippen LogP contribution is -2.34. The van der Waals surface area contributed by atoms with E-state index in [0.717, 1.165) is 37.5 Å². The summed E-state index contributed by atoms with van der Waals surface area (Å²) in [5, 5.41) is 9.18. The molecule has 0 atom stereocenters. The van der Waals surface area contributed by atoms with Gasteiger partial charge in [0.1, 0.15) is 0 Å². The Kier molecular flexibility index (Phi) is 4.18. The summed E-state index contributed by atoms with van der Waals surface area (Å²) in [4.78, 5) is 17.4. The lowest BCUT2D eigenvalue weighted by atomic mass is 9.92. The number of piperidine rings is 1. The Hall–Kier alpha value is -1.58. The van der Waals surface area contributed by atoms with Crippen LogP contribution in [-0.2, 0) is 0 Å². The second-order valence-corrected chi connectivity index (χ2v) is 4.92.